The largest absolute Gasteiger partial charge is 0.466 e. The van der Waals surface area contributed by atoms with E-state index >= 15 is 0 Å². The van der Waals surface area contributed by atoms with E-state index in [-0.39, 0.29) is 48.0 Å². The molecule has 0 saturated heterocycles. The number of nitrogens with one attached hydrogen (secondary N) is 1. The smallest absolute Gasteiger partial charge is 0.355 e. The molecule has 0 aliphatic carbocycles. The zero-order valence-electron chi connectivity index (χ0n) is 13.6. The van der Waals surface area contributed by atoms with Gasteiger partial charge in [0.15, 0.2) is 0 Å². The standard InChI is InChI=1S/C16H15FN2O6/c1-23-15(21)11-6-25-7-19(13(11)16(22)24-2)8-3-9-10(12(17)4-8)5-18-14(9)20/h3-4H,5-7H2,1-2H3,(H,18,20). The zero-order chi connectivity index (χ0) is 18.1. The highest BCUT2D eigenvalue weighted by molar-refractivity contribution is 6.04. The molecule has 1 N–H and O–H groups in total. The van der Waals surface area contributed by atoms with Crippen LogP contribution in [0.5, 0.6) is 0 Å². The van der Waals surface area contributed by atoms with Gasteiger partial charge in [0, 0.05) is 23.4 Å². The third-order valence-electron chi connectivity index (χ3n) is 4.00. The monoisotopic (exact) mass is 350 g/mol. The lowest BCUT2D eigenvalue weighted by molar-refractivity contribution is -0.140. The molecular formula is C16H15FN2O6. The Labute approximate surface area is 142 Å². The molecule has 1 aromatic rings. The second-order valence-corrected chi connectivity index (χ2v) is 5.35. The minimum absolute atomic E-state index is 0.0500. The van der Waals surface area contributed by atoms with Gasteiger partial charge in [0.2, 0.25) is 0 Å². The number of rotatable bonds is 3. The molecule has 0 saturated carbocycles. The molecule has 0 atom stereocenters. The molecule has 0 aromatic heterocycles. The van der Waals surface area contributed by atoms with Crippen LogP contribution in [0.4, 0.5) is 10.1 Å². The summed E-state index contributed by atoms with van der Waals surface area (Å²) in [6.45, 7) is -0.170. The molecule has 0 radical (unpaired) electrons. The molecule has 2 aliphatic heterocycles. The van der Waals surface area contributed by atoms with Gasteiger partial charge in [0.25, 0.3) is 5.91 Å². The highest BCUT2D eigenvalue weighted by atomic mass is 19.1. The van der Waals surface area contributed by atoms with Crippen LogP contribution >= 0.6 is 0 Å². The number of anilines is 1. The van der Waals surface area contributed by atoms with Crippen molar-refractivity contribution in [3.8, 4) is 0 Å². The number of nitrogens with zero attached hydrogens (tertiary/aromatic N) is 1. The molecular weight excluding hydrogens is 335 g/mol. The Morgan fingerprint density at radius 3 is 2.64 bits per heavy atom. The molecule has 0 spiro atoms. The van der Waals surface area contributed by atoms with Crippen LogP contribution in [0.15, 0.2) is 23.4 Å². The molecule has 2 heterocycles. The van der Waals surface area contributed by atoms with E-state index in [0.717, 1.165) is 7.11 Å². The van der Waals surface area contributed by atoms with E-state index in [0.29, 0.717) is 0 Å². The maximum absolute atomic E-state index is 14.3. The van der Waals surface area contributed by atoms with Gasteiger partial charge >= 0.3 is 11.9 Å². The molecule has 1 aromatic carbocycles. The number of hydrogen-bond donors (Lipinski definition) is 1. The second-order valence-electron chi connectivity index (χ2n) is 5.35. The van der Waals surface area contributed by atoms with Gasteiger partial charge in [0.05, 0.1) is 26.4 Å². The van der Waals surface area contributed by atoms with Crippen molar-refractivity contribution < 1.29 is 33.0 Å². The van der Waals surface area contributed by atoms with Crippen molar-refractivity contribution >= 4 is 23.5 Å². The maximum Gasteiger partial charge on any atom is 0.355 e. The average Bonchev–Trinajstić information content (AvgIpc) is 3.01. The van der Waals surface area contributed by atoms with E-state index in [4.69, 9.17) is 9.47 Å². The molecule has 2 aliphatic rings. The normalized spacial score (nSPS) is 16.4. The van der Waals surface area contributed by atoms with Crippen LogP contribution in [0, 0.1) is 5.82 Å². The molecule has 8 nitrogen and oxygen atoms in total. The number of hydrogen-bond acceptors (Lipinski definition) is 7. The van der Waals surface area contributed by atoms with E-state index in [1.165, 1.54) is 24.1 Å². The first kappa shape index (κ1) is 16.9. The van der Waals surface area contributed by atoms with Crippen LogP contribution in [0.3, 0.4) is 0 Å². The van der Waals surface area contributed by atoms with Crippen molar-refractivity contribution in [1.29, 1.82) is 0 Å². The quantitative estimate of drug-likeness (QED) is 0.792. The Morgan fingerprint density at radius 2 is 1.96 bits per heavy atom. The van der Waals surface area contributed by atoms with Crippen LogP contribution in [0.25, 0.3) is 0 Å². The first-order chi connectivity index (χ1) is 12.0. The Kier molecular flexibility index (Phi) is 4.41. The molecule has 3 rings (SSSR count). The van der Waals surface area contributed by atoms with Gasteiger partial charge in [-0.1, -0.05) is 0 Å². The lowest BCUT2D eigenvalue weighted by Crippen LogP contribution is -2.39. The van der Waals surface area contributed by atoms with Gasteiger partial charge in [-0.2, -0.15) is 0 Å². The molecule has 0 fully saturated rings. The van der Waals surface area contributed by atoms with Crippen molar-refractivity contribution in [1.82, 2.24) is 5.32 Å². The van der Waals surface area contributed by atoms with E-state index in [1.807, 2.05) is 0 Å². The lowest BCUT2D eigenvalue weighted by atomic mass is 10.1. The van der Waals surface area contributed by atoms with E-state index in [2.05, 4.69) is 10.1 Å². The number of esters is 2. The summed E-state index contributed by atoms with van der Waals surface area (Å²) in [7, 11) is 2.33. The van der Waals surface area contributed by atoms with Gasteiger partial charge in [-0.05, 0) is 12.1 Å². The number of carbonyl (C=O) groups is 3. The third kappa shape index (κ3) is 2.82. The summed E-state index contributed by atoms with van der Waals surface area (Å²) in [5, 5.41) is 2.53. The fraction of sp³-hybridized carbons (Fsp3) is 0.312. The summed E-state index contributed by atoms with van der Waals surface area (Å²) >= 11 is 0. The first-order valence-corrected chi connectivity index (χ1v) is 7.33. The molecule has 1 amide bonds. The Morgan fingerprint density at radius 1 is 1.24 bits per heavy atom. The SMILES string of the molecule is COC(=O)C1=C(C(=O)OC)N(c2cc(F)c3c(c2)C(=O)NC3)COC1. The molecule has 9 heteroatoms. The molecule has 25 heavy (non-hydrogen) atoms. The molecule has 0 unspecified atom stereocenters. The minimum atomic E-state index is -0.797. The van der Waals surface area contributed by atoms with Crippen molar-refractivity contribution in [3.05, 3.63) is 40.3 Å². The number of benzene rings is 1. The number of amides is 1. The van der Waals surface area contributed by atoms with Gasteiger partial charge < -0.3 is 24.4 Å². The summed E-state index contributed by atoms with van der Waals surface area (Å²) in [5.41, 5.74) is 0.451. The number of ether oxygens (including phenoxy) is 3. The fourth-order valence-electron chi connectivity index (χ4n) is 2.77. The highest BCUT2D eigenvalue weighted by Crippen LogP contribution is 2.31. The van der Waals surface area contributed by atoms with Crippen molar-refractivity contribution in [3.63, 3.8) is 0 Å². The highest BCUT2D eigenvalue weighted by Gasteiger charge is 2.34. The Balaban J connectivity index is 2.13. The van der Waals surface area contributed by atoms with Crippen LogP contribution in [0.2, 0.25) is 0 Å². The topological polar surface area (TPSA) is 94.2 Å². The summed E-state index contributed by atoms with van der Waals surface area (Å²) in [6.07, 6.45) is 0. The van der Waals surface area contributed by atoms with E-state index in [9.17, 15) is 18.8 Å². The Bertz CT molecular complexity index is 804. The summed E-state index contributed by atoms with van der Waals surface area (Å²) in [4.78, 5) is 37.3. The van der Waals surface area contributed by atoms with E-state index in [1.54, 1.807) is 0 Å². The second kappa shape index (κ2) is 6.52. The van der Waals surface area contributed by atoms with Crippen LogP contribution in [-0.2, 0) is 30.3 Å². The minimum Gasteiger partial charge on any atom is -0.466 e. The van der Waals surface area contributed by atoms with Crippen molar-refractivity contribution in [2.75, 3.05) is 32.5 Å². The predicted molar refractivity (Wildman–Crippen MR) is 81.9 cm³/mol. The van der Waals surface area contributed by atoms with Crippen LogP contribution < -0.4 is 10.2 Å². The average molecular weight is 350 g/mol. The van der Waals surface area contributed by atoms with E-state index < -0.39 is 23.7 Å². The fourth-order valence-corrected chi connectivity index (χ4v) is 2.77. The Hall–Kier alpha value is -2.94. The number of fused-ring (bicyclic) bond motifs is 1. The van der Waals surface area contributed by atoms with Gasteiger partial charge in [-0.25, -0.2) is 14.0 Å². The molecule has 132 valence electrons. The predicted octanol–water partition coefficient (Wildman–Crippen LogP) is 0.463. The van der Waals surface area contributed by atoms with Crippen molar-refractivity contribution in [2.45, 2.75) is 6.54 Å². The molecule has 0 bridgehead atoms. The van der Waals surface area contributed by atoms with Gasteiger partial charge in [-0.3, -0.25) is 4.79 Å². The van der Waals surface area contributed by atoms with Crippen LogP contribution in [-0.4, -0.2) is 45.4 Å². The number of halogens is 1. The van der Waals surface area contributed by atoms with Crippen LogP contribution in [0.1, 0.15) is 15.9 Å². The summed E-state index contributed by atoms with van der Waals surface area (Å²) < 4.78 is 29.0. The summed E-state index contributed by atoms with van der Waals surface area (Å²) in [5.74, 6) is -2.57. The third-order valence-corrected chi connectivity index (χ3v) is 4.00. The summed E-state index contributed by atoms with van der Waals surface area (Å²) in [6, 6.07) is 2.61. The van der Waals surface area contributed by atoms with Gasteiger partial charge in [-0.15, -0.1) is 0 Å². The van der Waals surface area contributed by atoms with Crippen molar-refractivity contribution in [2.24, 2.45) is 0 Å². The van der Waals surface area contributed by atoms with Gasteiger partial charge in [0.1, 0.15) is 18.2 Å². The first-order valence-electron chi connectivity index (χ1n) is 7.33. The number of methoxy groups -OCH3 is 2. The maximum atomic E-state index is 14.3. The lowest BCUT2D eigenvalue weighted by Gasteiger charge is -2.31. The zero-order valence-corrected chi connectivity index (χ0v) is 13.6. The number of carbonyl (C=O) groups excluding carboxylic acids is 3.